The van der Waals surface area contributed by atoms with E-state index in [4.69, 9.17) is 10.5 Å². The van der Waals surface area contributed by atoms with Crippen molar-refractivity contribution in [2.45, 2.75) is 18.9 Å². The molecule has 4 heteroatoms. The van der Waals surface area contributed by atoms with Gasteiger partial charge in [-0.1, -0.05) is 6.07 Å². The van der Waals surface area contributed by atoms with Crippen molar-refractivity contribution in [3.05, 3.63) is 23.3 Å². The molecule has 1 aliphatic rings. The van der Waals surface area contributed by atoms with Gasteiger partial charge in [-0.05, 0) is 25.5 Å². The summed E-state index contributed by atoms with van der Waals surface area (Å²) in [7, 11) is 3.73. The maximum Gasteiger partial charge on any atom is 0.129 e. The van der Waals surface area contributed by atoms with Crippen LogP contribution < -0.4 is 15.4 Å². The number of likely N-dealkylation sites (N-methyl/N-ethyl adjacent to an activating group) is 1. The van der Waals surface area contributed by atoms with Crippen LogP contribution in [-0.2, 0) is 6.42 Å². The van der Waals surface area contributed by atoms with E-state index in [1.807, 2.05) is 6.07 Å². The van der Waals surface area contributed by atoms with Crippen LogP contribution in [0.25, 0.3) is 0 Å². The third-order valence-corrected chi connectivity index (χ3v) is 3.38. The van der Waals surface area contributed by atoms with Crippen molar-refractivity contribution in [2.24, 2.45) is 5.73 Å². The average molecular weight is 236 g/mol. The number of methoxy groups -OCH3 is 1. The molecular weight excluding hydrogens is 216 g/mol. The smallest absolute Gasteiger partial charge is 0.129 e. The lowest BCUT2D eigenvalue weighted by atomic mass is 10.00. The summed E-state index contributed by atoms with van der Waals surface area (Å²) in [5.74, 6) is 0.827. The van der Waals surface area contributed by atoms with Crippen LogP contribution in [0.15, 0.2) is 12.1 Å². The topological polar surface area (TPSA) is 58.7 Å². The zero-order chi connectivity index (χ0) is 12.4. The third kappa shape index (κ3) is 2.10. The van der Waals surface area contributed by atoms with Gasteiger partial charge in [0.1, 0.15) is 5.75 Å². The summed E-state index contributed by atoms with van der Waals surface area (Å²) >= 11 is 0. The van der Waals surface area contributed by atoms with E-state index in [9.17, 15) is 5.11 Å². The lowest BCUT2D eigenvalue weighted by molar-refractivity contribution is 0.166. The third-order valence-electron chi connectivity index (χ3n) is 3.38. The summed E-state index contributed by atoms with van der Waals surface area (Å²) < 4.78 is 5.48. The Morgan fingerprint density at radius 2 is 2.29 bits per heavy atom. The van der Waals surface area contributed by atoms with E-state index in [2.05, 4.69) is 18.0 Å². The summed E-state index contributed by atoms with van der Waals surface area (Å²) in [6.07, 6.45) is 0.995. The number of nitrogens with zero attached hydrogens (tertiary/aromatic N) is 1. The van der Waals surface area contributed by atoms with Gasteiger partial charge in [-0.3, -0.25) is 0 Å². The molecule has 4 nitrogen and oxygen atoms in total. The first-order chi connectivity index (χ1) is 8.19. The first-order valence-electron chi connectivity index (χ1n) is 5.98. The van der Waals surface area contributed by atoms with Gasteiger partial charge < -0.3 is 20.5 Å². The second-order valence-corrected chi connectivity index (χ2v) is 4.45. The molecule has 0 radical (unpaired) electrons. The largest absolute Gasteiger partial charge is 0.496 e. The van der Waals surface area contributed by atoms with E-state index < -0.39 is 6.10 Å². The molecule has 0 aromatic heterocycles. The van der Waals surface area contributed by atoms with E-state index in [1.165, 1.54) is 11.3 Å². The van der Waals surface area contributed by atoms with Crippen molar-refractivity contribution in [1.82, 2.24) is 0 Å². The lowest BCUT2D eigenvalue weighted by Crippen LogP contribution is -2.12. The van der Waals surface area contributed by atoms with E-state index in [1.54, 1.807) is 7.11 Å². The molecule has 2 rings (SSSR count). The number of rotatable bonds is 4. The minimum Gasteiger partial charge on any atom is -0.496 e. The summed E-state index contributed by atoms with van der Waals surface area (Å²) in [6.45, 7) is 1.48. The molecule has 0 aliphatic carbocycles. The molecule has 0 fully saturated rings. The van der Waals surface area contributed by atoms with Crippen LogP contribution >= 0.6 is 0 Å². The molecular formula is C13H20N2O2. The molecule has 1 aromatic rings. The zero-order valence-corrected chi connectivity index (χ0v) is 10.4. The molecule has 0 saturated heterocycles. The van der Waals surface area contributed by atoms with Crippen molar-refractivity contribution in [3.8, 4) is 5.75 Å². The van der Waals surface area contributed by atoms with Crippen LogP contribution in [-0.4, -0.2) is 32.4 Å². The number of anilines is 1. The molecule has 1 heterocycles. The maximum atomic E-state index is 10.1. The van der Waals surface area contributed by atoms with Crippen LogP contribution in [0, 0.1) is 0 Å². The Morgan fingerprint density at radius 3 is 2.94 bits per heavy atom. The second-order valence-electron chi connectivity index (χ2n) is 4.45. The molecule has 0 saturated carbocycles. The Kier molecular flexibility index (Phi) is 3.54. The minimum absolute atomic E-state index is 0.474. The molecule has 1 unspecified atom stereocenters. The Hall–Kier alpha value is -1.26. The number of nitrogens with two attached hydrogens (primary N) is 1. The molecule has 0 amide bonds. The van der Waals surface area contributed by atoms with Gasteiger partial charge in [-0.2, -0.15) is 0 Å². The normalized spacial score (nSPS) is 15.9. The number of fused-ring (bicyclic) bond motifs is 1. The number of hydrogen-bond acceptors (Lipinski definition) is 4. The molecule has 3 N–H and O–H groups in total. The van der Waals surface area contributed by atoms with E-state index >= 15 is 0 Å². The highest BCUT2D eigenvalue weighted by Crippen LogP contribution is 2.39. The molecule has 0 spiro atoms. The predicted octanol–water partition coefficient (Wildman–Crippen LogP) is 1.07. The van der Waals surface area contributed by atoms with Gasteiger partial charge in [0.15, 0.2) is 0 Å². The Balaban J connectivity index is 2.42. The van der Waals surface area contributed by atoms with E-state index in [0.29, 0.717) is 13.0 Å². The molecule has 17 heavy (non-hydrogen) atoms. The highest BCUT2D eigenvalue weighted by Gasteiger charge is 2.24. The summed E-state index contributed by atoms with van der Waals surface area (Å²) in [6, 6.07) is 4.00. The van der Waals surface area contributed by atoms with Crippen molar-refractivity contribution in [2.75, 3.05) is 32.1 Å². The van der Waals surface area contributed by atoms with Gasteiger partial charge in [-0.25, -0.2) is 0 Å². The Bertz CT molecular complexity index is 407. The van der Waals surface area contributed by atoms with Gasteiger partial charge in [0.2, 0.25) is 0 Å². The molecule has 1 aliphatic heterocycles. The minimum atomic E-state index is -0.536. The summed E-state index contributed by atoms with van der Waals surface area (Å²) in [5, 5.41) is 10.1. The number of aliphatic hydroxyl groups excluding tert-OH is 1. The van der Waals surface area contributed by atoms with Crippen molar-refractivity contribution >= 4 is 5.69 Å². The first-order valence-corrected chi connectivity index (χ1v) is 5.98. The van der Waals surface area contributed by atoms with Crippen LogP contribution in [0.3, 0.4) is 0 Å². The highest BCUT2D eigenvalue weighted by atomic mass is 16.5. The van der Waals surface area contributed by atoms with Gasteiger partial charge in [-0.15, -0.1) is 0 Å². The quantitative estimate of drug-likeness (QED) is 0.821. The maximum absolute atomic E-state index is 10.1. The monoisotopic (exact) mass is 236 g/mol. The lowest BCUT2D eigenvalue weighted by Gasteiger charge is -2.18. The Morgan fingerprint density at radius 1 is 1.53 bits per heavy atom. The van der Waals surface area contributed by atoms with Gasteiger partial charge in [0.25, 0.3) is 0 Å². The molecule has 0 bridgehead atoms. The first kappa shape index (κ1) is 12.2. The van der Waals surface area contributed by atoms with Gasteiger partial charge in [0, 0.05) is 30.4 Å². The summed E-state index contributed by atoms with van der Waals surface area (Å²) in [4.78, 5) is 2.21. The fraction of sp³-hybridized carbons (Fsp3) is 0.538. The molecule has 1 atom stereocenters. The fourth-order valence-electron chi connectivity index (χ4n) is 2.45. The van der Waals surface area contributed by atoms with Crippen molar-refractivity contribution in [3.63, 3.8) is 0 Å². The van der Waals surface area contributed by atoms with Crippen LogP contribution in [0.2, 0.25) is 0 Å². The van der Waals surface area contributed by atoms with Crippen LogP contribution in [0.4, 0.5) is 5.69 Å². The van der Waals surface area contributed by atoms with Crippen LogP contribution in [0.1, 0.15) is 23.7 Å². The number of benzene rings is 1. The van der Waals surface area contributed by atoms with Gasteiger partial charge >= 0.3 is 0 Å². The SMILES string of the molecule is COc1c(C(O)CCN)ccc2c1CCN2C. The summed E-state index contributed by atoms with van der Waals surface area (Å²) in [5.41, 5.74) is 8.74. The van der Waals surface area contributed by atoms with Crippen molar-refractivity contribution < 1.29 is 9.84 Å². The molecule has 94 valence electrons. The van der Waals surface area contributed by atoms with E-state index in [0.717, 1.165) is 24.3 Å². The fourth-order valence-corrected chi connectivity index (χ4v) is 2.45. The predicted molar refractivity (Wildman–Crippen MR) is 68.6 cm³/mol. The molecule has 1 aromatic carbocycles. The standard InChI is InChI=1S/C13H20N2O2/c1-15-8-6-9-11(15)4-3-10(13(9)17-2)12(16)5-7-14/h3-4,12,16H,5-8,14H2,1-2H3. The second kappa shape index (κ2) is 4.94. The number of aliphatic hydroxyl groups is 1. The van der Waals surface area contributed by atoms with E-state index in [-0.39, 0.29) is 0 Å². The number of hydrogen-bond donors (Lipinski definition) is 2. The number of ether oxygens (including phenoxy) is 1. The highest BCUT2D eigenvalue weighted by molar-refractivity contribution is 5.65. The Labute approximate surface area is 102 Å². The average Bonchev–Trinajstić information content (AvgIpc) is 2.70. The van der Waals surface area contributed by atoms with Crippen LogP contribution in [0.5, 0.6) is 5.75 Å². The zero-order valence-electron chi connectivity index (χ0n) is 10.4. The van der Waals surface area contributed by atoms with Gasteiger partial charge in [0.05, 0.1) is 13.2 Å². The van der Waals surface area contributed by atoms with Crippen molar-refractivity contribution in [1.29, 1.82) is 0 Å².